The molecule has 6 heteroatoms. The van der Waals surface area contributed by atoms with Crippen LogP contribution in [0.1, 0.15) is 23.1 Å². The fraction of sp³-hybridized carbons (Fsp3) is 0.391. The maximum absolute atomic E-state index is 13.3. The van der Waals surface area contributed by atoms with E-state index in [1.54, 1.807) is 4.90 Å². The first-order valence-electron chi connectivity index (χ1n) is 10.1. The van der Waals surface area contributed by atoms with Crippen LogP contribution in [0.15, 0.2) is 48.5 Å². The van der Waals surface area contributed by atoms with Gasteiger partial charge in [-0.25, -0.2) is 0 Å². The van der Waals surface area contributed by atoms with Crippen LogP contribution < -0.4 is 4.90 Å². The Labute approximate surface area is 170 Å². The second kappa shape index (κ2) is 7.97. The molecule has 1 spiro atoms. The molecule has 2 N–H and O–H groups in total. The summed E-state index contributed by atoms with van der Waals surface area (Å²) in [5.41, 5.74) is 4.62. The van der Waals surface area contributed by atoms with Gasteiger partial charge < -0.3 is 15.1 Å². The molecule has 0 aromatic heterocycles. The summed E-state index contributed by atoms with van der Waals surface area (Å²) >= 11 is 0. The third-order valence-corrected chi connectivity index (χ3v) is 6.53. The van der Waals surface area contributed by atoms with Gasteiger partial charge in [0.25, 0.3) is 6.47 Å². The number of carbonyl (C=O) groups excluding carboxylic acids is 1. The molecule has 2 aromatic rings. The Kier molecular flexibility index (Phi) is 5.39. The van der Waals surface area contributed by atoms with Gasteiger partial charge in [0, 0.05) is 24.8 Å². The maximum Gasteiger partial charge on any atom is 0.290 e. The fourth-order valence-corrected chi connectivity index (χ4v) is 5.26. The number of nitrogens with zero attached hydrogens (tertiary/aromatic N) is 2. The van der Waals surface area contributed by atoms with Gasteiger partial charge in [-0.2, -0.15) is 0 Å². The van der Waals surface area contributed by atoms with Gasteiger partial charge in [0.05, 0.1) is 12.0 Å². The zero-order valence-corrected chi connectivity index (χ0v) is 16.3. The summed E-state index contributed by atoms with van der Waals surface area (Å²) in [5.74, 6) is 0.172. The van der Waals surface area contributed by atoms with Gasteiger partial charge in [-0.15, -0.1) is 0 Å². The number of benzene rings is 2. The molecule has 2 aromatic carbocycles. The van der Waals surface area contributed by atoms with E-state index in [0.29, 0.717) is 12.6 Å². The van der Waals surface area contributed by atoms with Crippen LogP contribution in [0.3, 0.4) is 0 Å². The molecule has 29 heavy (non-hydrogen) atoms. The minimum Gasteiger partial charge on any atom is -0.483 e. The van der Waals surface area contributed by atoms with Crippen molar-refractivity contribution in [1.82, 2.24) is 4.90 Å². The highest BCUT2D eigenvalue weighted by Crippen LogP contribution is 2.48. The fourth-order valence-electron chi connectivity index (χ4n) is 5.26. The Morgan fingerprint density at radius 1 is 1.07 bits per heavy atom. The first-order valence-corrected chi connectivity index (χ1v) is 10.1. The van der Waals surface area contributed by atoms with Gasteiger partial charge >= 0.3 is 0 Å². The molecule has 3 aliphatic rings. The monoisotopic (exact) mass is 394 g/mol. The highest BCUT2D eigenvalue weighted by atomic mass is 16.3. The van der Waals surface area contributed by atoms with Crippen molar-refractivity contribution in [1.29, 1.82) is 0 Å². The Bertz CT molecular complexity index is 890. The summed E-state index contributed by atoms with van der Waals surface area (Å²) in [6.45, 7) is 1.89. The molecule has 0 bridgehead atoms. The standard InChI is InChI=1S/C22H24N2O2.CH2O2/c25-12-11-24-20-8-4-3-7-19(20)22(21(24)26)9-10-23(15-22)18-13-16-5-1-2-6-17(16)14-18;2-1-3/h1-8,18,25H,9-15H2;1H,(H,2,3). The molecule has 1 unspecified atom stereocenters. The largest absolute Gasteiger partial charge is 0.483 e. The normalized spacial score (nSPS) is 23.1. The molecule has 2 heterocycles. The molecule has 1 atom stereocenters. The number of β-amino-alcohol motifs (C(OH)–C–C–N with tert-alkyl or cyclic N) is 1. The molecule has 2 aliphatic heterocycles. The number of anilines is 1. The summed E-state index contributed by atoms with van der Waals surface area (Å²) in [4.78, 5) is 26.0. The molecule has 152 valence electrons. The Balaban J connectivity index is 0.000000645. The molecule has 0 saturated carbocycles. The number of amides is 1. The van der Waals surface area contributed by atoms with Crippen molar-refractivity contribution in [2.24, 2.45) is 0 Å². The van der Waals surface area contributed by atoms with Crippen LogP contribution in [0, 0.1) is 0 Å². The lowest BCUT2D eigenvalue weighted by Gasteiger charge is -2.27. The predicted octanol–water partition coefficient (Wildman–Crippen LogP) is 1.84. The van der Waals surface area contributed by atoms with Crippen molar-refractivity contribution in [2.45, 2.75) is 30.7 Å². The van der Waals surface area contributed by atoms with Crippen LogP contribution in [0.4, 0.5) is 5.69 Å². The molecule has 1 amide bonds. The zero-order valence-electron chi connectivity index (χ0n) is 16.3. The molecule has 5 rings (SSSR count). The Hall–Kier alpha value is -2.70. The molecule has 1 aliphatic carbocycles. The number of para-hydroxylation sites is 1. The summed E-state index contributed by atoms with van der Waals surface area (Å²) < 4.78 is 0. The van der Waals surface area contributed by atoms with Crippen LogP contribution in [-0.2, 0) is 27.8 Å². The SMILES string of the molecule is O=C1N(CCO)c2ccccc2C12CCN(C1Cc3ccccc3C1)C2.O=CO. The second-order valence-corrected chi connectivity index (χ2v) is 7.94. The number of hydrogen-bond acceptors (Lipinski definition) is 4. The zero-order chi connectivity index (χ0) is 20.4. The smallest absolute Gasteiger partial charge is 0.290 e. The number of aliphatic hydroxyl groups excluding tert-OH is 1. The molecule has 0 radical (unpaired) electrons. The van der Waals surface area contributed by atoms with E-state index in [0.717, 1.165) is 43.6 Å². The van der Waals surface area contributed by atoms with Crippen LogP contribution in [0.25, 0.3) is 0 Å². The van der Waals surface area contributed by atoms with E-state index in [-0.39, 0.29) is 19.0 Å². The van der Waals surface area contributed by atoms with Crippen molar-refractivity contribution in [3.8, 4) is 0 Å². The lowest BCUT2D eigenvalue weighted by atomic mass is 9.81. The average Bonchev–Trinajstić information content (AvgIpc) is 3.42. The van der Waals surface area contributed by atoms with Crippen molar-refractivity contribution >= 4 is 18.1 Å². The van der Waals surface area contributed by atoms with Crippen LogP contribution in [0.5, 0.6) is 0 Å². The van der Waals surface area contributed by atoms with Gasteiger partial charge in [0.1, 0.15) is 0 Å². The van der Waals surface area contributed by atoms with Crippen molar-refractivity contribution < 1.29 is 19.8 Å². The van der Waals surface area contributed by atoms with Crippen LogP contribution in [0.2, 0.25) is 0 Å². The molecular formula is C23H26N2O4. The van der Waals surface area contributed by atoms with E-state index in [4.69, 9.17) is 9.90 Å². The lowest BCUT2D eigenvalue weighted by Crippen LogP contribution is -2.45. The topological polar surface area (TPSA) is 81.1 Å². The predicted molar refractivity (Wildman–Crippen MR) is 110 cm³/mol. The minimum absolute atomic E-state index is 0.00218. The Morgan fingerprint density at radius 2 is 1.69 bits per heavy atom. The highest BCUT2D eigenvalue weighted by molar-refractivity contribution is 6.08. The van der Waals surface area contributed by atoms with Crippen molar-refractivity contribution in [3.63, 3.8) is 0 Å². The van der Waals surface area contributed by atoms with Crippen LogP contribution >= 0.6 is 0 Å². The number of fused-ring (bicyclic) bond motifs is 3. The number of carbonyl (C=O) groups is 2. The van der Waals surface area contributed by atoms with E-state index in [2.05, 4.69) is 35.2 Å². The average molecular weight is 394 g/mol. The number of aliphatic hydroxyl groups is 1. The number of likely N-dealkylation sites (tertiary alicyclic amines) is 1. The molecular weight excluding hydrogens is 368 g/mol. The quantitative estimate of drug-likeness (QED) is 0.777. The third-order valence-electron chi connectivity index (χ3n) is 6.53. The van der Waals surface area contributed by atoms with E-state index in [1.807, 2.05) is 18.2 Å². The van der Waals surface area contributed by atoms with E-state index < -0.39 is 5.41 Å². The number of rotatable bonds is 3. The van der Waals surface area contributed by atoms with Gasteiger partial charge in [0.15, 0.2) is 0 Å². The molecule has 1 saturated heterocycles. The van der Waals surface area contributed by atoms with Crippen molar-refractivity contribution in [2.75, 3.05) is 31.1 Å². The first kappa shape index (κ1) is 19.6. The van der Waals surface area contributed by atoms with E-state index >= 15 is 0 Å². The highest BCUT2D eigenvalue weighted by Gasteiger charge is 2.55. The maximum atomic E-state index is 13.3. The Morgan fingerprint density at radius 3 is 2.34 bits per heavy atom. The lowest BCUT2D eigenvalue weighted by molar-refractivity contribution is -0.123. The number of carboxylic acid groups (broad SMARTS) is 1. The summed E-state index contributed by atoms with van der Waals surface area (Å²) in [5, 5.41) is 16.3. The van der Waals surface area contributed by atoms with Crippen molar-refractivity contribution in [3.05, 3.63) is 65.2 Å². The van der Waals surface area contributed by atoms with Gasteiger partial charge in [-0.1, -0.05) is 42.5 Å². The van der Waals surface area contributed by atoms with Gasteiger partial charge in [0.2, 0.25) is 5.91 Å². The van der Waals surface area contributed by atoms with Gasteiger partial charge in [-0.05, 0) is 48.6 Å². The third kappa shape index (κ3) is 3.22. The molecule has 1 fully saturated rings. The second-order valence-electron chi connectivity index (χ2n) is 7.94. The summed E-state index contributed by atoms with van der Waals surface area (Å²) in [6, 6.07) is 17.4. The van der Waals surface area contributed by atoms with E-state index in [9.17, 15) is 9.90 Å². The first-order chi connectivity index (χ1) is 14.1. The minimum atomic E-state index is -0.430. The molecule has 6 nitrogen and oxygen atoms in total. The van der Waals surface area contributed by atoms with Crippen LogP contribution in [-0.4, -0.2) is 59.8 Å². The van der Waals surface area contributed by atoms with Gasteiger partial charge in [-0.3, -0.25) is 14.5 Å². The number of hydrogen-bond donors (Lipinski definition) is 2. The summed E-state index contributed by atoms with van der Waals surface area (Å²) in [7, 11) is 0. The summed E-state index contributed by atoms with van der Waals surface area (Å²) in [6.07, 6.45) is 3.04. The van der Waals surface area contributed by atoms with E-state index in [1.165, 1.54) is 11.1 Å².